The summed E-state index contributed by atoms with van der Waals surface area (Å²) in [5, 5.41) is 0. The van der Waals surface area contributed by atoms with Crippen molar-refractivity contribution in [3.8, 4) is 0 Å². The molecular formula is C4H4F2O. The topological polar surface area (TPSA) is 17.1 Å². The van der Waals surface area contributed by atoms with E-state index in [1.54, 1.807) is 0 Å². The van der Waals surface area contributed by atoms with Gasteiger partial charge in [0, 0.05) is 6.92 Å². The summed E-state index contributed by atoms with van der Waals surface area (Å²) in [6.07, 6.45) is -0.359. The average molecular weight is 106 g/mol. The molecule has 0 atom stereocenters. The van der Waals surface area contributed by atoms with E-state index < -0.39 is 11.6 Å². The van der Waals surface area contributed by atoms with Gasteiger partial charge in [-0.3, -0.25) is 4.79 Å². The summed E-state index contributed by atoms with van der Waals surface area (Å²) in [6, 6.07) is 0. The van der Waals surface area contributed by atoms with Gasteiger partial charge in [-0.15, -0.1) is 0 Å². The number of hydrogen-bond acceptors (Lipinski definition) is 1. The molecule has 0 fully saturated rings. The molecule has 0 bridgehead atoms. The van der Waals surface area contributed by atoms with Crippen molar-refractivity contribution in [1.82, 2.24) is 0 Å². The van der Waals surface area contributed by atoms with Crippen LogP contribution in [0, 0.1) is 0 Å². The smallest absolute Gasteiger partial charge is 0.193 e. The van der Waals surface area contributed by atoms with Gasteiger partial charge in [0.15, 0.2) is 11.6 Å². The quantitative estimate of drug-likeness (QED) is 0.461. The molecule has 0 radical (unpaired) electrons. The first kappa shape index (κ1) is 6.27. The predicted molar refractivity (Wildman–Crippen MR) is 21.0 cm³/mol. The van der Waals surface area contributed by atoms with Crippen LogP contribution in [0.3, 0.4) is 0 Å². The highest BCUT2D eigenvalue weighted by atomic mass is 19.2. The van der Waals surface area contributed by atoms with E-state index in [9.17, 15) is 13.6 Å². The first-order valence-electron chi connectivity index (χ1n) is 1.65. The highest BCUT2D eigenvalue weighted by Gasteiger charge is 1.97. The van der Waals surface area contributed by atoms with E-state index in [1.807, 2.05) is 0 Å². The van der Waals surface area contributed by atoms with Gasteiger partial charge in [0.05, 0.1) is 0 Å². The molecule has 0 amide bonds. The summed E-state index contributed by atoms with van der Waals surface area (Å²) in [5.41, 5.74) is 0. The Morgan fingerprint density at radius 1 is 1.71 bits per heavy atom. The van der Waals surface area contributed by atoms with Crippen LogP contribution in [0.1, 0.15) is 6.92 Å². The molecular weight excluding hydrogens is 102 g/mol. The van der Waals surface area contributed by atoms with Crippen LogP contribution >= 0.6 is 0 Å². The van der Waals surface area contributed by atoms with Crippen molar-refractivity contribution in [2.45, 2.75) is 6.92 Å². The lowest BCUT2D eigenvalue weighted by atomic mass is 10.4. The fourth-order valence-electron chi connectivity index (χ4n) is 0.0768. The normalized spacial score (nSPS) is 11.6. The van der Waals surface area contributed by atoms with Gasteiger partial charge in [0.25, 0.3) is 0 Å². The number of hydrogen-bond donors (Lipinski definition) is 0. The molecule has 0 N–H and O–H groups in total. The fourth-order valence-corrected chi connectivity index (χ4v) is 0.0768. The predicted octanol–water partition coefficient (Wildman–Crippen LogP) is 1.36. The van der Waals surface area contributed by atoms with Crippen molar-refractivity contribution in [1.29, 1.82) is 0 Å². The first-order valence-corrected chi connectivity index (χ1v) is 1.65. The summed E-state index contributed by atoms with van der Waals surface area (Å²) >= 11 is 0. The number of allylic oxidation sites excluding steroid dienone is 1. The number of carbonyl (C=O) groups excluding carboxylic acids is 1. The molecule has 0 aromatic carbocycles. The molecule has 1 nitrogen and oxygen atoms in total. The van der Waals surface area contributed by atoms with Crippen molar-refractivity contribution in [3.05, 3.63) is 12.2 Å². The summed E-state index contributed by atoms with van der Waals surface area (Å²) in [4.78, 5) is 9.69. The Balaban J connectivity index is 3.82. The zero-order valence-corrected chi connectivity index (χ0v) is 3.74. The highest BCUT2D eigenvalue weighted by Crippen LogP contribution is 1.95. The maximum Gasteiger partial charge on any atom is 0.193 e. The Morgan fingerprint density at radius 3 is 2.14 bits per heavy atom. The Labute approximate surface area is 39.6 Å². The van der Waals surface area contributed by atoms with Crippen molar-refractivity contribution in [3.63, 3.8) is 0 Å². The van der Waals surface area contributed by atoms with Gasteiger partial charge in [-0.2, -0.15) is 0 Å². The van der Waals surface area contributed by atoms with E-state index in [4.69, 9.17) is 0 Å². The maximum atomic E-state index is 11.4. The van der Waals surface area contributed by atoms with Crippen LogP contribution in [0.2, 0.25) is 0 Å². The van der Waals surface area contributed by atoms with Gasteiger partial charge >= 0.3 is 0 Å². The SMILES string of the molecule is CC(=O)/C(F)=C/F. The second-order valence-electron chi connectivity index (χ2n) is 1.01. The molecule has 0 aliphatic carbocycles. The van der Waals surface area contributed by atoms with Gasteiger partial charge in [0.1, 0.15) is 6.33 Å². The molecule has 0 unspecified atom stereocenters. The average Bonchev–Trinajstić information content (AvgIpc) is 1.65. The van der Waals surface area contributed by atoms with Crippen LogP contribution in [-0.4, -0.2) is 5.78 Å². The molecule has 7 heavy (non-hydrogen) atoms. The van der Waals surface area contributed by atoms with E-state index >= 15 is 0 Å². The van der Waals surface area contributed by atoms with Gasteiger partial charge in [-0.1, -0.05) is 0 Å². The van der Waals surface area contributed by atoms with Crippen molar-refractivity contribution in [2.75, 3.05) is 0 Å². The number of halogens is 2. The Morgan fingerprint density at radius 2 is 2.14 bits per heavy atom. The summed E-state index contributed by atoms with van der Waals surface area (Å²) in [7, 11) is 0. The molecule has 3 heteroatoms. The van der Waals surface area contributed by atoms with E-state index in [2.05, 4.69) is 0 Å². The van der Waals surface area contributed by atoms with E-state index in [0.29, 0.717) is 0 Å². The minimum Gasteiger partial charge on any atom is -0.292 e. The van der Waals surface area contributed by atoms with Crippen LogP contribution in [0.5, 0.6) is 0 Å². The molecule has 0 saturated heterocycles. The highest BCUT2D eigenvalue weighted by molar-refractivity contribution is 5.90. The number of ketones is 1. The fraction of sp³-hybridized carbons (Fsp3) is 0.250. The Kier molecular flexibility index (Phi) is 2.19. The van der Waals surface area contributed by atoms with E-state index in [-0.39, 0.29) is 6.33 Å². The summed E-state index contributed by atoms with van der Waals surface area (Å²) in [6.45, 7) is 0.950. The van der Waals surface area contributed by atoms with Crippen LogP contribution in [0.4, 0.5) is 8.78 Å². The lowest BCUT2D eigenvalue weighted by Crippen LogP contribution is -1.86. The maximum absolute atomic E-state index is 11.4. The van der Waals surface area contributed by atoms with Crippen LogP contribution < -0.4 is 0 Å². The van der Waals surface area contributed by atoms with Crippen molar-refractivity contribution >= 4 is 5.78 Å². The minimum atomic E-state index is -1.33. The van der Waals surface area contributed by atoms with Gasteiger partial charge < -0.3 is 0 Å². The molecule has 0 aliphatic rings. The van der Waals surface area contributed by atoms with E-state index in [0.717, 1.165) is 6.92 Å². The standard InChI is InChI=1S/C4H4F2O/c1-3(7)4(6)2-5/h2H,1H3/b4-2-. The number of carbonyl (C=O) groups is 1. The second kappa shape index (κ2) is 2.44. The zero-order valence-electron chi connectivity index (χ0n) is 3.74. The minimum absolute atomic E-state index is 0.359. The lowest BCUT2D eigenvalue weighted by molar-refractivity contribution is -0.115. The van der Waals surface area contributed by atoms with E-state index in [1.165, 1.54) is 0 Å². The van der Waals surface area contributed by atoms with Crippen molar-refractivity contribution < 1.29 is 13.6 Å². The molecule has 0 heterocycles. The zero-order chi connectivity index (χ0) is 5.86. The third kappa shape index (κ3) is 2.03. The van der Waals surface area contributed by atoms with Gasteiger partial charge in [-0.25, -0.2) is 8.78 Å². The largest absolute Gasteiger partial charge is 0.292 e. The monoisotopic (exact) mass is 106 g/mol. The van der Waals surface area contributed by atoms with Gasteiger partial charge in [0.2, 0.25) is 0 Å². The molecule has 40 valence electrons. The lowest BCUT2D eigenvalue weighted by Gasteiger charge is -1.77. The molecule has 0 rings (SSSR count). The number of Topliss-reactive ketones (excluding diaryl/α,β-unsaturated/α-hetero) is 1. The molecule has 0 spiro atoms. The molecule has 0 aromatic rings. The molecule has 0 saturated carbocycles. The Bertz CT molecular complexity index is 106. The second-order valence-corrected chi connectivity index (χ2v) is 1.01. The van der Waals surface area contributed by atoms with Crippen LogP contribution in [-0.2, 0) is 4.79 Å². The van der Waals surface area contributed by atoms with Crippen LogP contribution in [0.25, 0.3) is 0 Å². The summed E-state index contributed by atoms with van der Waals surface area (Å²) < 4.78 is 22.3. The third-order valence-corrected chi connectivity index (χ3v) is 0.432. The first-order chi connectivity index (χ1) is 3.18. The Hall–Kier alpha value is -0.730. The molecule has 0 aromatic heterocycles. The molecule has 0 aliphatic heterocycles. The number of rotatable bonds is 1. The van der Waals surface area contributed by atoms with Gasteiger partial charge in [-0.05, 0) is 0 Å². The third-order valence-electron chi connectivity index (χ3n) is 0.432. The van der Waals surface area contributed by atoms with Crippen LogP contribution in [0.15, 0.2) is 12.2 Å². The summed E-state index contributed by atoms with van der Waals surface area (Å²) in [5.74, 6) is -2.22. The van der Waals surface area contributed by atoms with Crippen molar-refractivity contribution in [2.24, 2.45) is 0 Å².